The van der Waals surface area contributed by atoms with E-state index in [1.165, 1.54) is 12.1 Å². The van der Waals surface area contributed by atoms with Crippen LogP contribution in [0.4, 0.5) is 0 Å². The second kappa shape index (κ2) is 5.32. The van der Waals surface area contributed by atoms with Gasteiger partial charge < -0.3 is 4.74 Å². The molecule has 1 aromatic carbocycles. The van der Waals surface area contributed by atoms with E-state index in [-0.39, 0.29) is 4.90 Å². The van der Waals surface area contributed by atoms with Crippen LogP contribution in [0.3, 0.4) is 0 Å². The number of hydrogen-bond acceptors (Lipinski definition) is 3. The van der Waals surface area contributed by atoms with Crippen molar-refractivity contribution in [1.82, 2.24) is 0 Å². The van der Waals surface area contributed by atoms with Crippen LogP contribution in [0.15, 0.2) is 29.2 Å². The van der Waals surface area contributed by atoms with E-state index in [2.05, 4.69) is 13.8 Å². The summed E-state index contributed by atoms with van der Waals surface area (Å²) >= 11 is 0. The molecule has 4 nitrogen and oxygen atoms in total. The van der Waals surface area contributed by atoms with Crippen molar-refractivity contribution in [2.75, 3.05) is 6.61 Å². The lowest BCUT2D eigenvalue weighted by molar-refractivity contribution is 0.289. The molecule has 0 amide bonds. The van der Waals surface area contributed by atoms with Crippen molar-refractivity contribution in [3.8, 4) is 5.75 Å². The van der Waals surface area contributed by atoms with Gasteiger partial charge >= 0.3 is 0 Å². The monoisotopic (exact) mass is 243 g/mol. The topological polar surface area (TPSA) is 69.4 Å². The fraction of sp³-hybridized carbons (Fsp3) is 0.455. The minimum absolute atomic E-state index is 0.101. The summed E-state index contributed by atoms with van der Waals surface area (Å²) in [5, 5.41) is 4.98. The molecule has 1 rings (SSSR count). The number of hydrogen-bond donors (Lipinski definition) is 1. The lowest BCUT2D eigenvalue weighted by Crippen LogP contribution is -2.11. The summed E-state index contributed by atoms with van der Waals surface area (Å²) in [5.74, 6) is 1.25. The molecule has 0 fully saturated rings. The van der Waals surface area contributed by atoms with Crippen molar-refractivity contribution >= 4 is 10.0 Å². The van der Waals surface area contributed by atoms with E-state index in [0.29, 0.717) is 18.3 Å². The van der Waals surface area contributed by atoms with E-state index in [1.807, 2.05) is 0 Å². The van der Waals surface area contributed by atoms with Crippen LogP contribution in [0, 0.1) is 5.92 Å². The summed E-state index contributed by atoms with van der Waals surface area (Å²) in [6.45, 7) is 4.87. The highest BCUT2D eigenvalue weighted by Gasteiger charge is 2.06. The third-order valence-electron chi connectivity index (χ3n) is 2.12. The number of nitrogens with two attached hydrogens (primary N) is 1. The lowest BCUT2D eigenvalue weighted by atomic mass is 10.1. The molecule has 0 saturated heterocycles. The molecule has 0 spiro atoms. The highest BCUT2D eigenvalue weighted by Crippen LogP contribution is 2.15. The van der Waals surface area contributed by atoms with E-state index >= 15 is 0 Å². The molecule has 0 aromatic heterocycles. The van der Waals surface area contributed by atoms with Gasteiger partial charge in [0.25, 0.3) is 0 Å². The SMILES string of the molecule is CC(C)CCOc1ccc(S(N)(=O)=O)cc1. The van der Waals surface area contributed by atoms with E-state index in [0.717, 1.165) is 6.42 Å². The third kappa shape index (κ3) is 4.20. The first-order valence-electron chi connectivity index (χ1n) is 5.15. The maximum atomic E-state index is 11.0. The van der Waals surface area contributed by atoms with Crippen molar-refractivity contribution < 1.29 is 13.2 Å². The average Bonchev–Trinajstić information content (AvgIpc) is 2.16. The van der Waals surface area contributed by atoms with Crippen LogP contribution < -0.4 is 9.88 Å². The van der Waals surface area contributed by atoms with Gasteiger partial charge in [-0.15, -0.1) is 0 Å². The Hall–Kier alpha value is -1.07. The molecule has 16 heavy (non-hydrogen) atoms. The van der Waals surface area contributed by atoms with Crippen LogP contribution in [0.25, 0.3) is 0 Å². The molecule has 0 radical (unpaired) electrons. The Bertz CT molecular complexity index is 423. The van der Waals surface area contributed by atoms with Crippen molar-refractivity contribution in [2.24, 2.45) is 11.1 Å². The molecule has 0 atom stereocenters. The van der Waals surface area contributed by atoms with Gasteiger partial charge in [-0.2, -0.15) is 0 Å². The van der Waals surface area contributed by atoms with Crippen molar-refractivity contribution in [1.29, 1.82) is 0 Å². The Kier molecular flexibility index (Phi) is 4.32. The molecule has 0 bridgehead atoms. The lowest BCUT2D eigenvalue weighted by Gasteiger charge is -2.08. The van der Waals surface area contributed by atoms with Crippen LogP contribution >= 0.6 is 0 Å². The highest BCUT2D eigenvalue weighted by molar-refractivity contribution is 7.89. The molecule has 1 aromatic rings. The first-order chi connectivity index (χ1) is 7.39. The Morgan fingerprint density at radius 1 is 1.25 bits per heavy atom. The molecule has 0 unspecified atom stereocenters. The second-order valence-corrected chi connectivity index (χ2v) is 5.61. The van der Waals surface area contributed by atoms with Gasteiger partial charge in [0, 0.05) is 0 Å². The normalized spacial score (nSPS) is 11.8. The van der Waals surface area contributed by atoms with Crippen LogP contribution in [0.1, 0.15) is 20.3 Å². The summed E-state index contributed by atoms with van der Waals surface area (Å²) in [4.78, 5) is 0.101. The first kappa shape index (κ1) is 13.0. The van der Waals surface area contributed by atoms with E-state index in [9.17, 15) is 8.42 Å². The molecule has 0 aliphatic rings. The molecular formula is C11H17NO3S. The second-order valence-electron chi connectivity index (χ2n) is 4.05. The fourth-order valence-electron chi connectivity index (χ4n) is 1.14. The summed E-state index contributed by atoms with van der Waals surface area (Å²) in [6, 6.07) is 6.11. The van der Waals surface area contributed by atoms with Crippen LogP contribution in [-0.2, 0) is 10.0 Å². The molecule has 5 heteroatoms. The van der Waals surface area contributed by atoms with Gasteiger partial charge in [0.05, 0.1) is 11.5 Å². The first-order valence-corrected chi connectivity index (χ1v) is 6.70. The van der Waals surface area contributed by atoms with Gasteiger partial charge in [-0.05, 0) is 36.6 Å². The molecule has 0 aliphatic heterocycles. The summed E-state index contributed by atoms with van der Waals surface area (Å²) in [7, 11) is -3.61. The summed E-state index contributed by atoms with van der Waals surface area (Å²) in [6.07, 6.45) is 0.969. The molecule has 0 saturated carbocycles. The van der Waals surface area contributed by atoms with Gasteiger partial charge in [0.1, 0.15) is 5.75 Å². The molecule has 0 heterocycles. The standard InChI is InChI=1S/C11H17NO3S/c1-9(2)7-8-15-10-3-5-11(6-4-10)16(12,13)14/h3-6,9H,7-8H2,1-2H3,(H2,12,13,14). The number of primary sulfonamides is 1. The molecule has 90 valence electrons. The smallest absolute Gasteiger partial charge is 0.238 e. The Morgan fingerprint density at radius 2 is 1.81 bits per heavy atom. The third-order valence-corrected chi connectivity index (χ3v) is 3.05. The van der Waals surface area contributed by atoms with Crippen molar-refractivity contribution in [3.63, 3.8) is 0 Å². The minimum Gasteiger partial charge on any atom is -0.494 e. The average molecular weight is 243 g/mol. The largest absolute Gasteiger partial charge is 0.494 e. The molecule has 0 aliphatic carbocycles. The summed E-state index contributed by atoms with van der Waals surface area (Å²) < 4.78 is 27.4. The minimum atomic E-state index is -3.61. The quantitative estimate of drug-likeness (QED) is 0.856. The van der Waals surface area contributed by atoms with Gasteiger partial charge in [-0.25, -0.2) is 13.6 Å². The zero-order chi connectivity index (χ0) is 12.2. The van der Waals surface area contributed by atoms with E-state index < -0.39 is 10.0 Å². The Balaban J connectivity index is 2.59. The number of ether oxygens (including phenoxy) is 1. The van der Waals surface area contributed by atoms with Crippen LogP contribution in [0.5, 0.6) is 5.75 Å². The van der Waals surface area contributed by atoms with Gasteiger partial charge in [-0.1, -0.05) is 13.8 Å². The highest BCUT2D eigenvalue weighted by atomic mass is 32.2. The van der Waals surface area contributed by atoms with Crippen molar-refractivity contribution in [3.05, 3.63) is 24.3 Å². The predicted octanol–water partition coefficient (Wildman–Crippen LogP) is 1.76. The number of sulfonamides is 1. The zero-order valence-electron chi connectivity index (χ0n) is 9.51. The Morgan fingerprint density at radius 3 is 2.25 bits per heavy atom. The maximum Gasteiger partial charge on any atom is 0.238 e. The fourth-order valence-corrected chi connectivity index (χ4v) is 1.65. The van der Waals surface area contributed by atoms with Gasteiger partial charge in [0.2, 0.25) is 10.0 Å². The molecular weight excluding hydrogens is 226 g/mol. The van der Waals surface area contributed by atoms with E-state index in [1.54, 1.807) is 12.1 Å². The van der Waals surface area contributed by atoms with E-state index in [4.69, 9.17) is 9.88 Å². The summed E-state index contributed by atoms with van der Waals surface area (Å²) in [5.41, 5.74) is 0. The zero-order valence-corrected chi connectivity index (χ0v) is 10.3. The number of rotatable bonds is 5. The van der Waals surface area contributed by atoms with Crippen molar-refractivity contribution in [2.45, 2.75) is 25.2 Å². The van der Waals surface area contributed by atoms with Gasteiger partial charge in [-0.3, -0.25) is 0 Å². The van der Waals surface area contributed by atoms with Gasteiger partial charge in [0.15, 0.2) is 0 Å². The van der Waals surface area contributed by atoms with Crippen LogP contribution in [0.2, 0.25) is 0 Å². The molecule has 2 N–H and O–H groups in total. The Labute approximate surface area is 96.5 Å². The predicted molar refractivity (Wildman–Crippen MR) is 62.8 cm³/mol. The number of benzene rings is 1. The van der Waals surface area contributed by atoms with Crippen LogP contribution in [-0.4, -0.2) is 15.0 Å². The maximum absolute atomic E-state index is 11.0.